The Balaban J connectivity index is 2.45. The van der Waals surface area contributed by atoms with Crippen LogP contribution in [0.5, 0.6) is 0 Å². The molecule has 0 aromatic rings. The number of Topliss-reactive ketones (excluding diaryl/α,β-unsaturated/α-hetero) is 1. The number of carbonyl (C=O) groups is 2. The number of hydrogen-bond donors (Lipinski definition) is 0. The lowest BCUT2D eigenvalue weighted by atomic mass is 9.62. The Kier molecular flexibility index (Phi) is 7.57. The minimum atomic E-state index is -1.86. The van der Waals surface area contributed by atoms with Crippen LogP contribution in [0.1, 0.15) is 41.0 Å². The Morgan fingerprint density at radius 3 is 2.32 bits per heavy atom. The molecule has 0 N–H and O–H groups in total. The fourth-order valence-corrected chi connectivity index (χ4v) is 7.66. The number of carbonyl (C=O) groups excluding carboxylic acids is 2. The minimum absolute atomic E-state index is 0.00900. The average molecular weight is 401 g/mol. The van der Waals surface area contributed by atoms with Gasteiger partial charge in [0.25, 0.3) is 0 Å². The zero-order chi connectivity index (χ0) is 21.1. The van der Waals surface area contributed by atoms with E-state index in [9.17, 15) is 9.59 Å². The fourth-order valence-electron chi connectivity index (χ4n) is 4.84. The molecule has 0 saturated carbocycles. The first-order valence-electron chi connectivity index (χ1n) is 10.6. The lowest BCUT2D eigenvalue weighted by molar-refractivity contribution is -0.133. The summed E-state index contributed by atoms with van der Waals surface area (Å²) in [6.07, 6.45) is 7.95. The molecule has 0 saturated heterocycles. The molecule has 0 amide bonds. The molecule has 154 valence electrons. The Labute approximate surface area is 171 Å². The second kappa shape index (κ2) is 9.32. The molecule has 0 aromatic carbocycles. The topological polar surface area (TPSA) is 43.4 Å². The Hall–Kier alpha value is -1.52. The maximum atomic E-state index is 13.2. The van der Waals surface area contributed by atoms with Gasteiger partial charge in [-0.1, -0.05) is 51.2 Å². The van der Waals surface area contributed by atoms with E-state index in [4.69, 9.17) is 4.43 Å². The molecular weight excluding hydrogens is 364 g/mol. The van der Waals surface area contributed by atoms with Gasteiger partial charge in [0.1, 0.15) is 0 Å². The molecule has 0 heterocycles. The fraction of sp³-hybridized carbons (Fsp3) is 0.583. The minimum Gasteiger partial charge on any atom is -0.410 e. The van der Waals surface area contributed by atoms with E-state index in [-0.39, 0.29) is 35.4 Å². The van der Waals surface area contributed by atoms with Gasteiger partial charge < -0.3 is 4.43 Å². The van der Waals surface area contributed by atoms with E-state index in [0.717, 1.165) is 35.7 Å². The summed E-state index contributed by atoms with van der Waals surface area (Å²) in [5.41, 5.74) is 1.72. The molecule has 2 aliphatic carbocycles. The third-order valence-corrected chi connectivity index (χ3v) is 11.6. The highest BCUT2D eigenvalue weighted by Crippen LogP contribution is 2.43. The third kappa shape index (κ3) is 4.23. The third-order valence-electron chi connectivity index (χ3n) is 6.99. The maximum absolute atomic E-state index is 13.2. The lowest BCUT2D eigenvalue weighted by Gasteiger charge is -2.43. The molecule has 5 atom stereocenters. The quantitative estimate of drug-likeness (QED) is 0.390. The molecule has 0 bridgehead atoms. The van der Waals surface area contributed by atoms with E-state index in [1.165, 1.54) is 0 Å². The molecule has 3 nitrogen and oxygen atoms in total. The predicted octanol–water partition coefficient (Wildman–Crippen LogP) is 5.66. The van der Waals surface area contributed by atoms with Crippen LogP contribution in [-0.4, -0.2) is 26.0 Å². The second-order valence-corrected chi connectivity index (χ2v) is 13.1. The van der Waals surface area contributed by atoms with Gasteiger partial charge in [0.05, 0.1) is 6.10 Å². The molecule has 0 radical (unpaired) electrons. The van der Waals surface area contributed by atoms with Gasteiger partial charge in [-0.2, -0.15) is 0 Å². The van der Waals surface area contributed by atoms with Crippen LogP contribution in [0.4, 0.5) is 0 Å². The van der Waals surface area contributed by atoms with Crippen molar-refractivity contribution in [3.05, 3.63) is 48.6 Å². The van der Waals surface area contributed by atoms with Crippen molar-refractivity contribution in [1.29, 1.82) is 0 Å². The summed E-state index contributed by atoms with van der Waals surface area (Å²) in [6.45, 7) is 18.6. The van der Waals surface area contributed by atoms with Crippen molar-refractivity contribution in [2.24, 2.45) is 23.7 Å². The molecule has 28 heavy (non-hydrogen) atoms. The van der Waals surface area contributed by atoms with Crippen LogP contribution < -0.4 is 0 Å². The molecule has 0 aliphatic heterocycles. The van der Waals surface area contributed by atoms with Gasteiger partial charge in [0.15, 0.2) is 19.9 Å². The number of rotatable bonds is 8. The normalized spacial score (nSPS) is 30.9. The van der Waals surface area contributed by atoms with Crippen molar-refractivity contribution in [1.82, 2.24) is 0 Å². The van der Waals surface area contributed by atoms with E-state index in [0.29, 0.717) is 0 Å². The van der Waals surface area contributed by atoms with Gasteiger partial charge in [-0.15, -0.1) is 6.58 Å². The van der Waals surface area contributed by atoms with E-state index in [1.807, 2.05) is 32.1 Å². The van der Waals surface area contributed by atoms with Gasteiger partial charge in [-0.25, -0.2) is 0 Å². The molecular formula is C24H36O3Si. The van der Waals surface area contributed by atoms with Gasteiger partial charge in [0.2, 0.25) is 0 Å². The first-order valence-corrected chi connectivity index (χ1v) is 13.2. The van der Waals surface area contributed by atoms with E-state index in [1.54, 1.807) is 6.08 Å². The van der Waals surface area contributed by atoms with E-state index < -0.39 is 14.2 Å². The second-order valence-electron chi connectivity index (χ2n) is 8.39. The smallest absolute Gasteiger partial charge is 0.192 e. The Bertz CT molecular complexity index is 690. The molecule has 2 rings (SSSR count). The molecule has 0 fully saturated rings. The summed E-state index contributed by atoms with van der Waals surface area (Å²) in [7, 11) is -1.86. The lowest BCUT2D eigenvalue weighted by Crippen LogP contribution is -2.49. The monoisotopic (exact) mass is 400 g/mol. The Morgan fingerprint density at radius 2 is 1.82 bits per heavy atom. The highest BCUT2D eigenvalue weighted by molar-refractivity contribution is 6.73. The highest BCUT2D eigenvalue weighted by Gasteiger charge is 2.48. The summed E-state index contributed by atoms with van der Waals surface area (Å²) in [5.74, 6) is -0.914. The van der Waals surface area contributed by atoms with Crippen LogP contribution in [0.3, 0.4) is 0 Å². The van der Waals surface area contributed by atoms with Crippen LogP contribution in [0.15, 0.2) is 48.6 Å². The van der Waals surface area contributed by atoms with Gasteiger partial charge in [-0.3, -0.25) is 9.59 Å². The molecule has 0 unspecified atom stereocenters. The van der Waals surface area contributed by atoms with E-state index >= 15 is 0 Å². The zero-order valence-electron chi connectivity index (χ0n) is 18.2. The summed E-state index contributed by atoms with van der Waals surface area (Å²) < 4.78 is 6.74. The number of ketones is 2. The summed E-state index contributed by atoms with van der Waals surface area (Å²) in [6, 6.07) is 3.14. The SMILES string of the molecule is C=C[C@@H]1[C@@H]([C@H]2C(=O)C(C)=CC[C@@H]2C(=C)C)C(=O)C=C[C@H]1O[Si](CC)(CC)CC. The van der Waals surface area contributed by atoms with E-state index in [2.05, 4.69) is 33.9 Å². The van der Waals surface area contributed by atoms with Gasteiger partial charge >= 0.3 is 0 Å². The number of allylic oxidation sites excluding steroid dienone is 4. The van der Waals surface area contributed by atoms with Crippen molar-refractivity contribution in [2.45, 2.75) is 65.3 Å². The van der Waals surface area contributed by atoms with Crippen LogP contribution in [0.2, 0.25) is 18.1 Å². The summed E-state index contributed by atoms with van der Waals surface area (Å²) in [5, 5.41) is 0. The van der Waals surface area contributed by atoms with Crippen LogP contribution in [-0.2, 0) is 14.0 Å². The standard InChI is InChI=1S/C24H36O3Si/c1-8-18-21(27-28(9-2,10-3)11-4)15-14-20(25)22(18)23-19(16(5)6)13-12-17(7)24(23)26/h8,12,14-15,18-19,21-23H,1,5,9-11,13H2,2-4,6-7H3/t18-,19+,21+,22+,23-/m0/s1. The van der Waals surface area contributed by atoms with Crippen molar-refractivity contribution in [3.8, 4) is 0 Å². The van der Waals surface area contributed by atoms with Crippen LogP contribution in [0, 0.1) is 23.7 Å². The maximum Gasteiger partial charge on any atom is 0.192 e. The number of hydrogen-bond acceptors (Lipinski definition) is 3. The largest absolute Gasteiger partial charge is 0.410 e. The van der Waals surface area contributed by atoms with Crippen molar-refractivity contribution in [2.75, 3.05) is 0 Å². The summed E-state index contributed by atoms with van der Waals surface area (Å²) in [4.78, 5) is 26.2. The zero-order valence-corrected chi connectivity index (χ0v) is 19.2. The first-order chi connectivity index (χ1) is 13.2. The predicted molar refractivity (Wildman–Crippen MR) is 119 cm³/mol. The van der Waals surface area contributed by atoms with Crippen LogP contribution >= 0.6 is 0 Å². The molecule has 0 spiro atoms. The molecule has 2 aliphatic rings. The molecule has 4 heteroatoms. The van der Waals surface area contributed by atoms with Gasteiger partial charge in [-0.05, 0) is 56.0 Å². The van der Waals surface area contributed by atoms with Crippen molar-refractivity contribution < 1.29 is 14.0 Å². The van der Waals surface area contributed by atoms with Crippen LogP contribution in [0.25, 0.3) is 0 Å². The van der Waals surface area contributed by atoms with Gasteiger partial charge in [0, 0.05) is 17.8 Å². The van der Waals surface area contributed by atoms with Crippen molar-refractivity contribution in [3.63, 3.8) is 0 Å². The Morgan fingerprint density at radius 1 is 1.21 bits per heavy atom. The summed E-state index contributed by atoms with van der Waals surface area (Å²) >= 11 is 0. The average Bonchev–Trinajstić information content (AvgIpc) is 2.69. The first kappa shape index (κ1) is 22.8. The molecule has 0 aromatic heterocycles. The van der Waals surface area contributed by atoms with Crippen molar-refractivity contribution >= 4 is 19.9 Å². The highest BCUT2D eigenvalue weighted by atomic mass is 28.4.